The lowest BCUT2D eigenvalue weighted by Gasteiger charge is -2.33. The molecule has 3 rings (SSSR count). The number of H-pyrrole nitrogens is 1. The highest BCUT2D eigenvalue weighted by Crippen LogP contribution is 2.25. The van der Waals surface area contributed by atoms with E-state index in [4.69, 9.17) is 0 Å². The highest BCUT2D eigenvalue weighted by molar-refractivity contribution is 7.98. The highest BCUT2D eigenvalue weighted by Gasteiger charge is 2.26. The first-order valence-electron chi connectivity index (χ1n) is 8.36. The summed E-state index contributed by atoms with van der Waals surface area (Å²) in [6, 6.07) is 10.4. The largest absolute Gasteiger partial charge is 0.331 e. The number of likely N-dealkylation sites (tertiary alicyclic amines) is 1. The predicted molar refractivity (Wildman–Crippen MR) is 97.3 cm³/mol. The highest BCUT2D eigenvalue weighted by atomic mass is 32.2. The lowest BCUT2D eigenvalue weighted by Crippen LogP contribution is -2.45. The average molecular weight is 344 g/mol. The molecular weight excluding hydrogens is 320 g/mol. The summed E-state index contributed by atoms with van der Waals surface area (Å²) in [5.74, 6) is 0.350. The molecule has 1 unspecified atom stereocenters. The molecule has 6 heteroatoms. The Morgan fingerprint density at radius 1 is 1.38 bits per heavy atom. The maximum absolute atomic E-state index is 12.6. The first-order chi connectivity index (χ1) is 11.7. The van der Waals surface area contributed by atoms with E-state index >= 15 is 0 Å². The Kier molecular flexibility index (Phi) is 5.45. The maximum Gasteiger partial charge on any atom is 0.317 e. The number of hydrogen-bond acceptors (Lipinski definition) is 3. The number of hydrogen-bond donors (Lipinski definition) is 2. The van der Waals surface area contributed by atoms with Crippen LogP contribution in [0.2, 0.25) is 0 Å². The molecule has 0 bridgehead atoms. The van der Waals surface area contributed by atoms with Crippen molar-refractivity contribution in [3.63, 3.8) is 0 Å². The van der Waals surface area contributed by atoms with Gasteiger partial charge in [-0.15, -0.1) is 11.8 Å². The molecule has 128 valence electrons. The minimum absolute atomic E-state index is 0.000868. The number of nitrogens with zero attached hydrogens (tertiary/aromatic N) is 2. The van der Waals surface area contributed by atoms with Crippen molar-refractivity contribution in [3.8, 4) is 0 Å². The summed E-state index contributed by atoms with van der Waals surface area (Å²) in [5, 5.41) is 10.2. The van der Waals surface area contributed by atoms with Gasteiger partial charge in [-0.05, 0) is 49.8 Å². The summed E-state index contributed by atoms with van der Waals surface area (Å²) >= 11 is 1.72. The molecule has 0 spiro atoms. The minimum Gasteiger partial charge on any atom is -0.331 e. The monoisotopic (exact) mass is 344 g/mol. The molecule has 24 heavy (non-hydrogen) atoms. The van der Waals surface area contributed by atoms with Crippen LogP contribution in [0.4, 0.5) is 4.79 Å². The SMILES string of the molecule is CSc1ccc([C@@H](C)NC(=O)N2CCCC(c3ccn[nH]3)C2)cc1. The van der Waals surface area contributed by atoms with Crippen LogP contribution in [0.3, 0.4) is 0 Å². The second-order valence-electron chi connectivity index (χ2n) is 6.24. The molecule has 2 amide bonds. The standard InChI is InChI=1S/C18H24N4OS/c1-13(14-5-7-16(24-2)8-6-14)20-18(23)22-11-3-4-15(12-22)17-9-10-19-21-17/h5-10,13,15H,3-4,11-12H2,1-2H3,(H,19,21)(H,20,23)/t13-,15?/m1/s1. The van der Waals surface area contributed by atoms with Gasteiger partial charge in [-0.1, -0.05) is 12.1 Å². The van der Waals surface area contributed by atoms with Gasteiger partial charge in [0.15, 0.2) is 0 Å². The molecule has 2 heterocycles. The van der Waals surface area contributed by atoms with Crippen molar-refractivity contribution < 1.29 is 4.79 Å². The maximum atomic E-state index is 12.6. The number of aromatic amines is 1. The van der Waals surface area contributed by atoms with Gasteiger partial charge in [0.2, 0.25) is 0 Å². The van der Waals surface area contributed by atoms with E-state index in [1.165, 1.54) is 4.90 Å². The Morgan fingerprint density at radius 2 is 2.17 bits per heavy atom. The zero-order chi connectivity index (χ0) is 16.9. The van der Waals surface area contributed by atoms with Crippen LogP contribution in [0.1, 0.15) is 43.0 Å². The number of rotatable bonds is 4. The number of thioether (sulfide) groups is 1. The van der Waals surface area contributed by atoms with E-state index in [9.17, 15) is 4.79 Å². The summed E-state index contributed by atoms with van der Waals surface area (Å²) in [6.45, 7) is 3.59. The molecule has 1 aromatic carbocycles. The molecule has 0 aliphatic carbocycles. The molecule has 2 N–H and O–H groups in total. The van der Waals surface area contributed by atoms with Gasteiger partial charge in [0.1, 0.15) is 0 Å². The molecule has 1 saturated heterocycles. The summed E-state index contributed by atoms with van der Waals surface area (Å²) in [5.41, 5.74) is 2.25. The quantitative estimate of drug-likeness (QED) is 0.830. The van der Waals surface area contributed by atoms with E-state index in [2.05, 4.69) is 46.0 Å². The van der Waals surface area contributed by atoms with Gasteiger partial charge in [-0.25, -0.2) is 4.79 Å². The van der Waals surface area contributed by atoms with E-state index < -0.39 is 0 Å². The summed E-state index contributed by atoms with van der Waals surface area (Å²) in [4.78, 5) is 15.8. The minimum atomic E-state index is 0.000868. The molecule has 2 aromatic rings. The number of nitrogens with one attached hydrogen (secondary N) is 2. The molecule has 1 aliphatic rings. The summed E-state index contributed by atoms with van der Waals surface area (Å²) < 4.78 is 0. The number of benzene rings is 1. The Balaban J connectivity index is 1.59. The van der Waals surface area contributed by atoms with Crippen LogP contribution < -0.4 is 5.32 Å². The Labute approximate surface area is 147 Å². The van der Waals surface area contributed by atoms with Crippen molar-refractivity contribution in [2.45, 2.75) is 36.6 Å². The first-order valence-corrected chi connectivity index (χ1v) is 9.58. The zero-order valence-corrected chi connectivity index (χ0v) is 15.0. The summed E-state index contributed by atoms with van der Waals surface area (Å²) in [6.07, 6.45) is 5.95. The van der Waals surface area contributed by atoms with E-state index in [1.807, 2.05) is 17.9 Å². The number of carbonyl (C=O) groups excluding carboxylic acids is 1. The third kappa shape index (κ3) is 3.93. The average Bonchev–Trinajstić information content (AvgIpc) is 3.16. The third-order valence-electron chi connectivity index (χ3n) is 4.63. The first kappa shape index (κ1) is 16.9. The number of piperidine rings is 1. The van der Waals surface area contributed by atoms with Crippen molar-refractivity contribution in [2.24, 2.45) is 0 Å². The van der Waals surface area contributed by atoms with Crippen LogP contribution in [0.5, 0.6) is 0 Å². The fourth-order valence-corrected chi connectivity index (χ4v) is 3.57. The Hall–Kier alpha value is -1.95. The van der Waals surface area contributed by atoms with Crippen molar-refractivity contribution in [3.05, 3.63) is 47.8 Å². The molecule has 0 saturated carbocycles. The number of urea groups is 1. The van der Waals surface area contributed by atoms with Gasteiger partial charge in [0.25, 0.3) is 0 Å². The molecule has 2 atom stereocenters. The van der Waals surface area contributed by atoms with Gasteiger partial charge in [0.05, 0.1) is 6.04 Å². The fraction of sp³-hybridized carbons (Fsp3) is 0.444. The van der Waals surface area contributed by atoms with Gasteiger partial charge in [0, 0.05) is 35.8 Å². The molecule has 1 aliphatic heterocycles. The molecule has 1 fully saturated rings. The normalized spacial score (nSPS) is 19.1. The van der Waals surface area contributed by atoms with Crippen molar-refractivity contribution >= 4 is 17.8 Å². The predicted octanol–water partition coefficient (Wildman–Crippen LogP) is 3.78. The lowest BCUT2D eigenvalue weighted by molar-refractivity contribution is 0.176. The van der Waals surface area contributed by atoms with E-state index in [0.29, 0.717) is 5.92 Å². The molecule has 0 radical (unpaired) electrons. The number of amides is 2. The summed E-state index contributed by atoms with van der Waals surface area (Å²) in [7, 11) is 0. The van der Waals surface area contributed by atoms with Crippen molar-refractivity contribution in [2.75, 3.05) is 19.3 Å². The van der Waals surface area contributed by atoms with E-state index in [-0.39, 0.29) is 12.1 Å². The Morgan fingerprint density at radius 3 is 2.83 bits per heavy atom. The van der Waals surface area contributed by atoms with Crippen molar-refractivity contribution in [1.29, 1.82) is 0 Å². The van der Waals surface area contributed by atoms with Crippen LogP contribution in [0, 0.1) is 0 Å². The second kappa shape index (κ2) is 7.75. The lowest BCUT2D eigenvalue weighted by atomic mass is 9.95. The molecule has 1 aromatic heterocycles. The van der Waals surface area contributed by atoms with E-state index in [1.54, 1.807) is 18.0 Å². The van der Waals surface area contributed by atoms with Crippen LogP contribution in [-0.2, 0) is 0 Å². The molecular formula is C18H24N4OS. The zero-order valence-electron chi connectivity index (χ0n) is 14.2. The van der Waals surface area contributed by atoms with Crippen LogP contribution in [0.25, 0.3) is 0 Å². The van der Waals surface area contributed by atoms with Crippen LogP contribution in [0.15, 0.2) is 41.4 Å². The smallest absolute Gasteiger partial charge is 0.317 e. The van der Waals surface area contributed by atoms with Gasteiger partial charge < -0.3 is 10.2 Å². The number of carbonyl (C=O) groups is 1. The van der Waals surface area contributed by atoms with Crippen molar-refractivity contribution in [1.82, 2.24) is 20.4 Å². The van der Waals surface area contributed by atoms with Crippen LogP contribution in [-0.4, -0.2) is 40.5 Å². The topological polar surface area (TPSA) is 61.0 Å². The van der Waals surface area contributed by atoms with Crippen LogP contribution >= 0.6 is 11.8 Å². The fourth-order valence-electron chi connectivity index (χ4n) is 3.16. The Bertz CT molecular complexity index is 656. The van der Waals surface area contributed by atoms with Gasteiger partial charge in [-0.3, -0.25) is 5.10 Å². The second-order valence-corrected chi connectivity index (χ2v) is 7.12. The molecule has 5 nitrogen and oxygen atoms in total. The van der Waals surface area contributed by atoms with Gasteiger partial charge in [-0.2, -0.15) is 5.10 Å². The van der Waals surface area contributed by atoms with E-state index in [0.717, 1.165) is 37.2 Å². The van der Waals surface area contributed by atoms with Gasteiger partial charge >= 0.3 is 6.03 Å². The number of aromatic nitrogens is 2. The third-order valence-corrected chi connectivity index (χ3v) is 5.37.